The van der Waals surface area contributed by atoms with Crippen molar-refractivity contribution in [2.45, 2.75) is 64.3 Å². The summed E-state index contributed by atoms with van der Waals surface area (Å²) in [6.07, 6.45) is -0.284. The molecule has 1 aliphatic rings. The van der Waals surface area contributed by atoms with Crippen LogP contribution in [0.3, 0.4) is 0 Å². The first-order chi connectivity index (χ1) is 18.6. The molecule has 3 atom stereocenters. The molecular formula is C27H31F2N7O3. The average molecular weight is 540 g/mol. The van der Waals surface area contributed by atoms with Crippen LogP contribution in [0.1, 0.15) is 67.2 Å². The molecular weight excluding hydrogens is 508 g/mol. The van der Waals surface area contributed by atoms with E-state index >= 15 is 0 Å². The highest BCUT2D eigenvalue weighted by Gasteiger charge is 2.40. The van der Waals surface area contributed by atoms with Gasteiger partial charge in [0.05, 0.1) is 36.6 Å². The summed E-state index contributed by atoms with van der Waals surface area (Å²) in [5.41, 5.74) is 2.40. The first kappa shape index (κ1) is 27.8. The lowest BCUT2D eigenvalue weighted by Gasteiger charge is -2.27. The SMILES string of the molecule is CC(=O)NCc1cccc([C@H](NC(=O)[C@@H]2C[C@@H](F)CN2C(=O)Cc2cn[nH]n2)c2ccc(C(C)C)c(F)n2)c1. The number of hydrogen-bond donors (Lipinski definition) is 3. The summed E-state index contributed by atoms with van der Waals surface area (Å²) in [7, 11) is 0. The van der Waals surface area contributed by atoms with Gasteiger partial charge in [0.1, 0.15) is 12.2 Å². The molecule has 1 fully saturated rings. The van der Waals surface area contributed by atoms with E-state index in [1.807, 2.05) is 19.9 Å². The molecule has 0 radical (unpaired) electrons. The molecule has 4 rings (SSSR count). The smallest absolute Gasteiger partial charge is 0.243 e. The number of amides is 3. The number of alkyl halides is 1. The van der Waals surface area contributed by atoms with E-state index in [2.05, 4.69) is 31.0 Å². The second-order valence-electron chi connectivity index (χ2n) is 9.90. The van der Waals surface area contributed by atoms with Crippen molar-refractivity contribution in [2.75, 3.05) is 6.54 Å². The zero-order valence-corrected chi connectivity index (χ0v) is 21.9. The third kappa shape index (κ3) is 6.81. The lowest BCUT2D eigenvalue weighted by atomic mass is 9.98. The number of aromatic nitrogens is 4. The maximum Gasteiger partial charge on any atom is 0.243 e. The molecule has 12 heteroatoms. The summed E-state index contributed by atoms with van der Waals surface area (Å²) in [4.78, 5) is 43.2. The number of benzene rings is 1. The fourth-order valence-electron chi connectivity index (χ4n) is 4.60. The molecule has 3 aromatic rings. The fraction of sp³-hybridized carbons (Fsp3) is 0.407. The number of rotatable bonds is 9. The van der Waals surface area contributed by atoms with Crippen LogP contribution in [0.5, 0.6) is 0 Å². The summed E-state index contributed by atoms with van der Waals surface area (Å²) < 4.78 is 29.4. The Morgan fingerprint density at radius 3 is 2.67 bits per heavy atom. The number of H-pyrrole nitrogens is 1. The molecule has 3 heterocycles. The van der Waals surface area contributed by atoms with Crippen molar-refractivity contribution in [3.05, 3.63) is 76.6 Å². The molecule has 0 unspecified atom stereocenters. The Morgan fingerprint density at radius 2 is 2.00 bits per heavy atom. The van der Waals surface area contributed by atoms with Gasteiger partial charge in [-0.2, -0.15) is 19.8 Å². The van der Waals surface area contributed by atoms with E-state index in [4.69, 9.17) is 0 Å². The van der Waals surface area contributed by atoms with Crippen LogP contribution in [0.4, 0.5) is 8.78 Å². The first-order valence-electron chi connectivity index (χ1n) is 12.7. The second-order valence-corrected chi connectivity index (χ2v) is 9.90. The van der Waals surface area contributed by atoms with E-state index in [-0.39, 0.29) is 43.5 Å². The molecule has 2 aromatic heterocycles. The Labute approximate surface area is 224 Å². The predicted molar refractivity (Wildman–Crippen MR) is 137 cm³/mol. The van der Waals surface area contributed by atoms with Gasteiger partial charge in [0.15, 0.2) is 0 Å². The summed E-state index contributed by atoms with van der Waals surface area (Å²) in [5.74, 6) is -1.98. The van der Waals surface area contributed by atoms with Crippen molar-refractivity contribution in [3.8, 4) is 0 Å². The highest BCUT2D eigenvalue weighted by Crippen LogP contribution is 2.27. The molecule has 0 spiro atoms. The quantitative estimate of drug-likeness (QED) is 0.358. The molecule has 206 valence electrons. The van der Waals surface area contributed by atoms with Crippen molar-refractivity contribution in [1.29, 1.82) is 0 Å². The summed E-state index contributed by atoms with van der Waals surface area (Å²) in [5, 5.41) is 15.5. The lowest BCUT2D eigenvalue weighted by molar-refractivity contribution is -0.138. The predicted octanol–water partition coefficient (Wildman–Crippen LogP) is 2.49. The van der Waals surface area contributed by atoms with Gasteiger partial charge in [-0.3, -0.25) is 14.4 Å². The van der Waals surface area contributed by atoms with Crippen LogP contribution in [0, 0.1) is 5.95 Å². The van der Waals surface area contributed by atoms with Gasteiger partial charge in [0.25, 0.3) is 0 Å². The fourth-order valence-corrected chi connectivity index (χ4v) is 4.60. The highest BCUT2D eigenvalue weighted by molar-refractivity contribution is 5.89. The Balaban J connectivity index is 1.63. The van der Waals surface area contributed by atoms with Gasteiger partial charge >= 0.3 is 0 Å². The molecule has 0 aliphatic carbocycles. The Kier molecular flexibility index (Phi) is 8.62. The van der Waals surface area contributed by atoms with Crippen molar-refractivity contribution in [2.24, 2.45) is 0 Å². The standard InChI is InChI=1S/C27H31F2N7O3/c1-15(2)21-7-8-22(32-26(21)29)25(18-6-4-5-17(9-18)12-30-16(3)37)33-27(39)23-10-19(28)14-36(23)24(38)11-20-13-31-35-34-20/h4-9,13,15,19,23,25H,10-12,14H2,1-3H3,(H,30,37)(H,33,39)(H,31,34,35)/t19-,23+,25+/m1/s1. The Morgan fingerprint density at radius 1 is 1.21 bits per heavy atom. The van der Waals surface area contributed by atoms with Gasteiger partial charge in [0.2, 0.25) is 23.7 Å². The highest BCUT2D eigenvalue weighted by atomic mass is 19.1. The van der Waals surface area contributed by atoms with Gasteiger partial charge in [-0.1, -0.05) is 44.2 Å². The van der Waals surface area contributed by atoms with Gasteiger partial charge in [-0.05, 0) is 23.1 Å². The number of nitrogens with one attached hydrogen (secondary N) is 3. The van der Waals surface area contributed by atoms with Gasteiger partial charge in [-0.15, -0.1) is 0 Å². The van der Waals surface area contributed by atoms with Crippen LogP contribution < -0.4 is 10.6 Å². The zero-order chi connectivity index (χ0) is 28.1. The molecule has 3 N–H and O–H groups in total. The summed E-state index contributed by atoms with van der Waals surface area (Å²) >= 11 is 0. The molecule has 1 aromatic carbocycles. The van der Waals surface area contributed by atoms with E-state index in [9.17, 15) is 23.2 Å². The van der Waals surface area contributed by atoms with Crippen LogP contribution in [0.2, 0.25) is 0 Å². The van der Waals surface area contributed by atoms with Gasteiger partial charge in [-0.25, -0.2) is 9.37 Å². The van der Waals surface area contributed by atoms with Crippen molar-refractivity contribution in [1.82, 2.24) is 35.9 Å². The number of aromatic amines is 1. The van der Waals surface area contributed by atoms with Crippen molar-refractivity contribution >= 4 is 17.7 Å². The Bertz CT molecular complexity index is 1330. The minimum absolute atomic E-state index is 0.0927. The number of hydrogen-bond acceptors (Lipinski definition) is 6. The van der Waals surface area contributed by atoms with Crippen LogP contribution in [-0.4, -0.2) is 61.8 Å². The second kappa shape index (κ2) is 12.1. The first-order valence-corrected chi connectivity index (χ1v) is 12.7. The average Bonchev–Trinajstić information content (AvgIpc) is 3.55. The number of likely N-dealkylation sites (tertiary alicyclic amines) is 1. The maximum atomic E-state index is 14.9. The topological polar surface area (TPSA) is 133 Å². The number of pyridine rings is 1. The molecule has 1 aliphatic heterocycles. The third-order valence-corrected chi connectivity index (χ3v) is 6.60. The molecule has 0 bridgehead atoms. The van der Waals surface area contributed by atoms with E-state index in [0.717, 1.165) is 5.56 Å². The Hall–Kier alpha value is -4.22. The maximum absolute atomic E-state index is 14.9. The molecule has 3 amide bonds. The minimum atomic E-state index is -1.37. The zero-order valence-electron chi connectivity index (χ0n) is 21.9. The van der Waals surface area contributed by atoms with E-state index in [1.54, 1.807) is 30.3 Å². The van der Waals surface area contributed by atoms with E-state index in [1.165, 1.54) is 18.0 Å². The van der Waals surface area contributed by atoms with Crippen molar-refractivity contribution in [3.63, 3.8) is 0 Å². The summed E-state index contributed by atoms with van der Waals surface area (Å²) in [6.45, 7) is 5.15. The number of halogens is 2. The molecule has 1 saturated heterocycles. The van der Waals surface area contributed by atoms with Gasteiger partial charge < -0.3 is 15.5 Å². The largest absolute Gasteiger partial charge is 0.352 e. The van der Waals surface area contributed by atoms with Crippen LogP contribution in [0.25, 0.3) is 0 Å². The number of carbonyl (C=O) groups excluding carboxylic acids is 3. The minimum Gasteiger partial charge on any atom is -0.352 e. The monoisotopic (exact) mass is 539 g/mol. The normalized spacial score (nSPS) is 17.7. The third-order valence-electron chi connectivity index (χ3n) is 6.60. The number of nitrogens with zero attached hydrogens (tertiary/aromatic N) is 4. The van der Waals surface area contributed by atoms with E-state index in [0.29, 0.717) is 16.8 Å². The van der Waals surface area contributed by atoms with Crippen LogP contribution >= 0.6 is 0 Å². The molecule has 0 saturated carbocycles. The van der Waals surface area contributed by atoms with Crippen molar-refractivity contribution < 1.29 is 23.2 Å². The van der Waals surface area contributed by atoms with Crippen LogP contribution in [-0.2, 0) is 27.3 Å². The van der Waals surface area contributed by atoms with Gasteiger partial charge in [0, 0.05) is 25.5 Å². The van der Waals surface area contributed by atoms with Crippen LogP contribution in [0.15, 0.2) is 42.6 Å². The lowest BCUT2D eigenvalue weighted by Crippen LogP contribution is -2.47. The summed E-state index contributed by atoms with van der Waals surface area (Å²) in [6, 6.07) is 8.40. The molecule has 39 heavy (non-hydrogen) atoms. The molecule has 10 nitrogen and oxygen atoms in total. The number of carbonyl (C=O) groups is 3. The van der Waals surface area contributed by atoms with E-state index < -0.39 is 36.0 Å².